The lowest BCUT2D eigenvalue weighted by Crippen LogP contribution is -2.39. The SMILES string of the molecule is Cc1cc(N(C)C)ccc1CNC(=O)NCC1(CO)CC1. The third kappa shape index (κ3) is 4.11. The summed E-state index contributed by atoms with van der Waals surface area (Å²) in [5.41, 5.74) is 3.37. The second kappa shape index (κ2) is 6.35. The fraction of sp³-hybridized carbons (Fsp3) is 0.562. The number of nitrogens with one attached hydrogen (secondary N) is 2. The summed E-state index contributed by atoms with van der Waals surface area (Å²) in [5.74, 6) is 0. The van der Waals surface area contributed by atoms with E-state index >= 15 is 0 Å². The van der Waals surface area contributed by atoms with Gasteiger partial charge in [-0.3, -0.25) is 0 Å². The van der Waals surface area contributed by atoms with E-state index in [-0.39, 0.29) is 18.1 Å². The molecular formula is C16H25N3O2. The van der Waals surface area contributed by atoms with Gasteiger partial charge in [-0.05, 0) is 43.0 Å². The van der Waals surface area contributed by atoms with Gasteiger partial charge in [-0.2, -0.15) is 0 Å². The van der Waals surface area contributed by atoms with Crippen molar-refractivity contribution < 1.29 is 9.90 Å². The Kier molecular flexibility index (Phi) is 4.73. The molecule has 0 spiro atoms. The Balaban J connectivity index is 1.81. The van der Waals surface area contributed by atoms with Crippen molar-refractivity contribution in [1.82, 2.24) is 10.6 Å². The average Bonchev–Trinajstić information content (AvgIpc) is 3.24. The van der Waals surface area contributed by atoms with Crippen LogP contribution in [-0.2, 0) is 6.54 Å². The topological polar surface area (TPSA) is 64.6 Å². The number of urea groups is 1. The highest BCUT2D eigenvalue weighted by molar-refractivity contribution is 5.74. The van der Waals surface area contributed by atoms with Crippen LogP contribution in [0.2, 0.25) is 0 Å². The summed E-state index contributed by atoms with van der Waals surface area (Å²) in [6, 6.07) is 6.03. The maximum atomic E-state index is 11.8. The lowest BCUT2D eigenvalue weighted by atomic mass is 10.1. The molecule has 1 aromatic rings. The summed E-state index contributed by atoms with van der Waals surface area (Å²) in [6.45, 7) is 3.26. The van der Waals surface area contributed by atoms with Gasteiger partial charge in [0.05, 0.1) is 6.61 Å². The molecule has 0 saturated heterocycles. The van der Waals surface area contributed by atoms with Crippen molar-refractivity contribution in [3.63, 3.8) is 0 Å². The van der Waals surface area contributed by atoms with Crippen LogP contribution >= 0.6 is 0 Å². The monoisotopic (exact) mass is 291 g/mol. The number of hydrogen-bond donors (Lipinski definition) is 3. The number of aliphatic hydroxyl groups is 1. The summed E-state index contributed by atoms with van der Waals surface area (Å²) in [4.78, 5) is 13.8. The van der Waals surface area contributed by atoms with Crippen molar-refractivity contribution in [2.24, 2.45) is 5.41 Å². The Hall–Kier alpha value is -1.75. The molecule has 1 fully saturated rings. The normalized spacial score (nSPS) is 15.4. The number of aliphatic hydroxyl groups excluding tert-OH is 1. The van der Waals surface area contributed by atoms with Crippen LogP contribution in [0.4, 0.5) is 10.5 Å². The first-order valence-electron chi connectivity index (χ1n) is 7.35. The Morgan fingerprint density at radius 1 is 1.33 bits per heavy atom. The van der Waals surface area contributed by atoms with Crippen molar-refractivity contribution in [2.75, 3.05) is 32.1 Å². The van der Waals surface area contributed by atoms with Crippen LogP contribution in [0.15, 0.2) is 18.2 Å². The van der Waals surface area contributed by atoms with Crippen molar-refractivity contribution in [1.29, 1.82) is 0 Å². The number of anilines is 1. The first kappa shape index (κ1) is 15.6. The van der Waals surface area contributed by atoms with Crippen molar-refractivity contribution in [2.45, 2.75) is 26.3 Å². The Morgan fingerprint density at radius 3 is 2.57 bits per heavy atom. The highest BCUT2D eigenvalue weighted by Crippen LogP contribution is 2.44. The van der Waals surface area contributed by atoms with Crippen LogP contribution in [-0.4, -0.2) is 38.4 Å². The number of nitrogens with zero attached hydrogens (tertiary/aromatic N) is 1. The molecule has 2 rings (SSSR count). The fourth-order valence-corrected chi connectivity index (χ4v) is 2.23. The molecule has 5 heteroatoms. The minimum Gasteiger partial charge on any atom is -0.396 e. The van der Waals surface area contributed by atoms with E-state index in [1.54, 1.807) is 0 Å². The number of rotatable bonds is 6. The van der Waals surface area contributed by atoms with Crippen LogP contribution in [0.5, 0.6) is 0 Å². The zero-order chi connectivity index (χ0) is 15.5. The van der Waals surface area contributed by atoms with E-state index in [4.69, 9.17) is 0 Å². The van der Waals surface area contributed by atoms with E-state index in [1.165, 1.54) is 0 Å². The molecule has 2 amide bonds. The highest BCUT2D eigenvalue weighted by atomic mass is 16.3. The molecule has 0 heterocycles. The zero-order valence-electron chi connectivity index (χ0n) is 13.1. The maximum absolute atomic E-state index is 11.8. The lowest BCUT2D eigenvalue weighted by molar-refractivity contribution is 0.203. The average molecular weight is 291 g/mol. The first-order chi connectivity index (χ1) is 9.96. The van der Waals surface area contributed by atoms with Gasteiger partial charge < -0.3 is 20.6 Å². The molecular weight excluding hydrogens is 266 g/mol. The van der Waals surface area contributed by atoms with Crippen molar-refractivity contribution in [3.05, 3.63) is 29.3 Å². The number of benzene rings is 1. The summed E-state index contributed by atoms with van der Waals surface area (Å²) in [7, 11) is 4.02. The maximum Gasteiger partial charge on any atom is 0.315 e. The molecule has 21 heavy (non-hydrogen) atoms. The summed E-state index contributed by atoms with van der Waals surface area (Å²) in [6.07, 6.45) is 1.99. The van der Waals surface area contributed by atoms with E-state index in [0.29, 0.717) is 13.1 Å². The first-order valence-corrected chi connectivity index (χ1v) is 7.35. The van der Waals surface area contributed by atoms with Gasteiger partial charge in [0.15, 0.2) is 0 Å². The van der Waals surface area contributed by atoms with Crippen molar-refractivity contribution >= 4 is 11.7 Å². The molecule has 0 bridgehead atoms. The number of hydrogen-bond acceptors (Lipinski definition) is 3. The van der Waals surface area contributed by atoms with E-state index in [2.05, 4.69) is 21.6 Å². The van der Waals surface area contributed by atoms with Crippen LogP contribution in [0.3, 0.4) is 0 Å². The van der Waals surface area contributed by atoms with Crippen LogP contribution < -0.4 is 15.5 Å². The largest absolute Gasteiger partial charge is 0.396 e. The number of carbonyl (C=O) groups excluding carboxylic acids is 1. The molecule has 0 aromatic heterocycles. The molecule has 0 unspecified atom stereocenters. The van der Waals surface area contributed by atoms with Crippen molar-refractivity contribution in [3.8, 4) is 0 Å². The van der Waals surface area contributed by atoms with Gasteiger partial charge in [0, 0.05) is 38.3 Å². The standard InChI is InChI=1S/C16H25N3O2/c1-12-8-14(19(2)3)5-4-13(12)9-17-15(21)18-10-16(11-20)6-7-16/h4-5,8,20H,6-7,9-11H2,1-3H3,(H2,17,18,21). The fourth-order valence-electron chi connectivity index (χ4n) is 2.23. The molecule has 1 aromatic carbocycles. The number of carbonyl (C=O) groups is 1. The quantitative estimate of drug-likeness (QED) is 0.746. The molecule has 0 atom stereocenters. The number of aryl methyl sites for hydroxylation is 1. The zero-order valence-corrected chi connectivity index (χ0v) is 13.1. The van der Waals surface area contributed by atoms with E-state index < -0.39 is 0 Å². The lowest BCUT2D eigenvalue weighted by Gasteiger charge is -2.16. The van der Waals surface area contributed by atoms with Gasteiger partial charge in [-0.25, -0.2) is 4.79 Å². The second-order valence-corrected chi connectivity index (χ2v) is 6.20. The van der Waals surface area contributed by atoms with Crippen LogP contribution in [0.1, 0.15) is 24.0 Å². The van der Waals surface area contributed by atoms with Gasteiger partial charge in [-0.15, -0.1) is 0 Å². The minimum atomic E-state index is -0.175. The van der Waals surface area contributed by atoms with Gasteiger partial charge in [-0.1, -0.05) is 6.07 Å². The molecule has 1 saturated carbocycles. The third-order valence-corrected chi connectivity index (χ3v) is 4.20. The van der Waals surface area contributed by atoms with E-state index in [9.17, 15) is 9.90 Å². The molecule has 0 radical (unpaired) electrons. The summed E-state index contributed by atoms with van der Waals surface area (Å²) >= 11 is 0. The van der Waals surface area contributed by atoms with E-state index in [1.807, 2.05) is 33.2 Å². The van der Waals surface area contributed by atoms with Crippen LogP contribution in [0, 0.1) is 12.3 Å². The molecule has 1 aliphatic rings. The summed E-state index contributed by atoms with van der Waals surface area (Å²) < 4.78 is 0. The van der Waals surface area contributed by atoms with Gasteiger partial charge in [0.25, 0.3) is 0 Å². The smallest absolute Gasteiger partial charge is 0.315 e. The predicted octanol–water partition coefficient (Wildman–Crippen LogP) is 1.63. The molecule has 0 aliphatic heterocycles. The predicted molar refractivity (Wildman–Crippen MR) is 84.5 cm³/mol. The molecule has 116 valence electrons. The Bertz CT molecular complexity index is 510. The highest BCUT2D eigenvalue weighted by Gasteiger charge is 2.42. The van der Waals surface area contributed by atoms with Gasteiger partial charge in [0.2, 0.25) is 0 Å². The number of amides is 2. The Labute approximate surface area is 126 Å². The Morgan fingerprint density at radius 2 is 2.05 bits per heavy atom. The molecule has 3 N–H and O–H groups in total. The van der Waals surface area contributed by atoms with Gasteiger partial charge in [0.1, 0.15) is 0 Å². The molecule has 1 aliphatic carbocycles. The second-order valence-electron chi connectivity index (χ2n) is 6.20. The minimum absolute atomic E-state index is 0.0549. The summed E-state index contributed by atoms with van der Waals surface area (Å²) in [5, 5.41) is 14.9. The third-order valence-electron chi connectivity index (χ3n) is 4.20. The van der Waals surface area contributed by atoms with Crippen LogP contribution in [0.25, 0.3) is 0 Å². The van der Waals surface area contributed by atoms with Gasteiger partial charge >= 0.3 is 6.03 Å². The van der Waals surface area contributed by atoms with E-state index in [0.717, 1.165) is 29.7 Å². The molecule has 5 nitrogen and oxygen atoms in total.